The molecular weight excluding hydrogens is 240 g/mol. The first-order chi connectivity index (χ1) is 9.33. The van der Waals surface area contributed by atoms with E-state index in [-0.39, 0.29) is 0 Å². The highest BCUT2D eigenvalue weighted by molar-refractivity contribution is 5.51. The van der Waals surface area contributed by atoms with Crippen LogP contribution in [0, 0.1) is 6.92 Å². The van der Waals surface area contributed by atoms with Gasteiger partial charge in [-0.2, -0.15) is 4.68 Å². The van der Waals surface area contributed by atoms with E-state index in [2.05, 4.69) is 38.3 Å². The van der Waals surface area contributed by atoms with Crippen LogP contribution in [0.4, 0.5) is 5.69 Å². The van der Waals surface area contributed by atoms with Crippen LogP contribution in [0.15, 0.2) is 24.3 Å². The fraction of sp³-hybridized carbons (Fsp3) is 0.462. The van der Waals surface area contributed by atoms with Gasteiger partial charge in [0.25, 0.3) is 0 Å². The average molecular weight is 258 g/mol. The number of anilines is 1. The Kier molecular flexibility index (Phi) is 3.41. The number of hydrogen-bond acceptors (Lipinski definition) is 5. The first-order valence-electron chi connectivity index (χ1n) is 6.65. The van der Waals surface area contributed by atoms with Crippen LogP contribution in [-0.2, 0) is 0 Å². The minimum absolute atomic E-state index is 0.548. The summed E-state index contributed by atoms with van der Waals surface area (Å²) in [4.78, 5) is 0. The number of piperidine rings is 1. The fourth-order valence-electron chi connectivity index (χ4n) is 2.40. The third kappa shape index (κ3) is 2.73. The molecule has 2 heterocycles. The molecule has 1 aliphatic heterocycles. The fourth-order valence-corrected chi connectivity index (χ4v) is 2.40. The normalized spacial score (nSPS) is 16.5. The summed E-state index contributed by atoms with van der Waals surface area (Å²) in [6.07, 6.45) is 2.32. The maximum atomic E-state index is 3.99. The van der Waals surface area contributed by atoms with Gasteiger partial charge in [0.1, 0.15) is 0 Å². The predicted octanol–water partition coefficient (Wildman–Crippen LogP) is 1.13. The number of nitrogens with zero attached hydrogens (tertiary/aromatic N) is 4. The molecule has 1 aromatic heterocycles. The molecule has 0 saturated carbocycles. The van der Waals surface area contributed by atoms with Gasteiger partial charge in [-0.25, -0.2) is 0 Å². The summed E-state index contributed by atoms with van der Waals surface area (Å²) < 4.78 is 1.74. The lowest BCUT2D eigenvalue weighted by Gasteiger charge is -2.24. The predicted molar refractivity (Wildman–Crippen MR) is 73.4 cm³/mol. The molecule has 0 spiro atoms. The zero-order valence-electron chi connectivity index (χ0n) is 11.0. The van der Waals surface area contributed by atoms with E-state index in [1.807, 2.05) is 19.1 Å². The van der Waals surface area contributed by atoms with Crippen molar-refractivity contribution in [3.63, 3.8) is 0 Å². The van der Waals surface area contributed by atoms with E-state index in [0.717, 1.165) is 43.1 Å². The van der Waals surface area contributed by atoms with E-state index in [9.17, 15) is 0 Å². The number of nitrogens with one attached hydrogen (secondary N) is 2. The molecule has 0 radical (unpaired) electrons. The standard InChI is InChI=1S/C13H18N6/c1-10-16-17-18-19(10)13-4-2-3-12(9-13)15-11-5-7-14-8-6-11/h2-4,9,11,14-15H,5-8H2,1H3. The van der Waals surface area contributed by atoms with Crippen LogP contribution in [0.3, 0.4) is 0 Å². The molecule has 0 aliphatic carbocycles. The molecule has 6 nitrogen and oxygen atoms in total. The lowest BCUT2D eigenvalue weighted by Crippen LogP contribution is -2.35. The van der Waals surface area contributed by atoms with Crippen molar-refractivity contribution >= 4 is 5.69 Å². The van der Waals surface area contributed by atoms with Crippen molar-refractivity contribution in [2.75, 3.05) is 18.4 Å². The van der Waals surface area contributed by atoms with Crippen LogP contribution in [0.1, 0.15) is 18.7 Å². The summed E-state index contributed by atoms with van der Waals surface area (Å²) >= 11 is 0. The Balaban J connectivity index is 1.78. The molecule has 2 N–H and O–H groups in total. The second kappa shape index (κ2) is 5.36. The van der Waals surface area contributed by atoms with Gasteiger partial charge in [0, 0.05) is 11.7 Å². The van der Waals surface area contributed by atoms with Crippen LogP contribution in [0.2, 0.25) is 0 Å². The molecule has 3 rings (SSSR count). The number of aromatic nitrogens is 4. The second-order valence-corrected chi connectivity index (χ2v) is 4.86. The molecule has 0 amide bonds. The van der Waals surface area contributed by atoms with E-state index in [4.69, 9.17) is 0 Å². The Labute approximate surface area is 112 Å². The molecule has 2 aromatic rings. The maximum absolute atomic E-state index is 3.99. The number of tetrazole rings is 1. The Morgan fingerprint density at radius 3 is 2.89 bits per heavy atom. The van der Waals surface area contributed by atoms with Crippen molar-refractivity contribution in [3.8, 4) is 5.69 Å². The Bertz CT molecular complexity index is 544. The van der Waals surface area contributed by atoms with Gasteiger partial charge < -0.3 is 10.6 Å². The minimum Gasteiger partial charge on any atom is -0.382 e. The molecule has 1 fully saturated rings. The molecule has 0 bridgehead atoms. The molecule has 19 heavy (non-hydrogen) atoms. The van der Waals surface area contributed by atoms with Crippen molar-refractivity contribution in [1.29, 1.82) is 0 Å². The monoisotopic (exact) mass is 258 g/mol. The van der Waals surface area contributed by atoms with Gasteiger partial charge in [-0.05, 0) is 61.5 Å². The molecule has 1 aliphatic rings. The van der Waals surface area contributed by atoms with Crippen LogP contribution in [0.5, 0.6) is 0 Å². The first-order valence-corrected chi connectivity index (χ1v) is 6.65. The molecule has 1 saturated heterocycles. The Hall–Kier alpha value is -1.95. The highest BCUT2D eigenvalue weighted by Gasteiger charge is 2.12. The molecule has 0 unspecified atom stereocenters. The number of aryl methyl sites for hydroxylation is 1. The minimum atomic E-state index is 0.548. The first kappa shape index (κ1) is 12.1. The third-order valence-electron chi connectivity index (χ3n) is 3.43. The Morgan fingerprint density at radius 1 is 1.32 bits per heavy atom. The van der Waals surface area contributed by atoms with E-state index >= 15 is 0 Å². The maximum Gasteiger partial charge on any atom is 0.153 e. The summed E-state index contributed by atoms with van der Waals surface area (Å²) in [6, 6.07) is 8.76. The van der Waals surface area contributed by atoms with Gasteiger partial charge in [-0.3, -0.25) is 0 Å². The van der Waals surface area contributed by atoms with Crippen LogP contribution < -0.4 is 10.6 Å². The van der Waals surface area contributed by atoms with Gasteiger partial charge in [0.15, 0.2) is 5.82 Å². The average Bonchev–Trinajstić information content (AvgIpc) is 2.86. The zero-order valence-corrected chi connectivity index (χ0v) is 11.0. The quantitative estimate of drug-likeness (QED) is 0.864. The van der Waals surface area contributed by atoms with Crippen molar-refractivity contribution < 1.29 is 0 Å². The number of hydrogen-bond donors (Lipinski definition) is 2. The van der Waals surface area contributed by atoms with Gasteiger partial charge in [0.05, 0.1) is 5.69 Å². The van der Waals surface area contributed by atoms with Gasteiger partial charge in [-0.15, -0.1) is 5.10 Å². The van der Waals surface area contributed by atoms with Gasteiger partial charge in [0.2, 0.25) is 0 Å². The summed E-state index contributed by atoms with van der Waals surface area (Å²) in [5, 5.41) is 18.5. The topological polar surface area (TPSA) is 67.7 Å². The van der Waals surface area contributed by atoms with E-state index in [0.29, 0.717) is 6.04 Å². The van der Waals surface area contributed by atoms with E-state index in [1.165, 1.54) is 0 Å². The second-order valence-electron chi connectivity index (χ2n) is 4.86. The number of rotatable bonds is 3. The zero-order chi connectivity index (χ0) is 13.1. The van der Waals surface area contributed by atoms with Crippen molar-refractivity contribution in [1.82, 2.24) is 25.5 Å². The largest absolute Gasteiger partial charge is 0.382 e. The van der Waals surface area contributed by atoms with E-state index in [1.54, 1.807) is 4.68 Å². The summed E-state index contributed by atoms with van der Waals surface area (Å²) in [7, 11) is 0. The highest BCUT2D eigenvalue weighted by atomic mass is 15.5. The summed E-state index contributed by atoms with van der Waals surface area (Å²) in [6.45, 7) is 4.07. The van der Waals surface area contributed by atoms with Gasteiger partial charge in [-0.1, -0.05) is 6.07 Å². The molecule has 1 aromatic carbocycles. The lowest BCUT2D eigenvalue weighted by molar-refractivity contribution is 0.479. The van der Waals surface area contributed by atoms with Gasteiger partial charge >= 0.3 is 0 Å². The van der Waals surface area contributed by atoms with Crippen LogP contribution in [0.25, 0.3) is 5.69 Å². The van der Waals surface area contributed by atoms with Crippen molar-refractivity contribution in [2.24, 2.45) is 0 Å². The third-order valence-corrected chi connectivity index (χ3v) is 3.43. The van der Waals surface area contributed by atoms with Crippen molar-refractivity contribution in [3.05, 3.63) is 30.1 Å². The smallest absolute Gasteiger partial charge is 0.153 e. The highest BCUT2D eigenvalue weighted by Crippen LogP contribution is 2.17. The molecule has 0 atom stereocenters. The number of benzene rings is 1. The molecular formula is C13H18N6. The summed E-state index contributed by atoms with van der Waals surface area (Å²) in [5.74, 6) is 0.791. The van der Waals surface area contributed by atoms with Crippen LogP contribution in [-0.4, -0.2) is 39.3 Å². The lowest BCUT2D eigenvalue weighted by atomic mass is 10.1. The molecule has 6 heteroatoms. The summed E-state index contributed by atoms with van der Waals surface area (Å²) in [5.41, 5.74) is 2.11. The SMILES string of the molecule is Cc1nnnn1-c1cccc(NC2CCNCC2)c1. The van der Waals surface area contributed by atoms with Crippen LogP contribution >= 0.6 is 0 Å². The Morgan fingerprint density at radius 2 is 2.16 bits per heavy atom. The molecule has 100 valence electrons. The van der Waals surface area contributed by atoms with Crippen molar-refractivity contribution in [2.45, 2.75) is 25.8 Å². The van der Waals surface area contributed by atoms with E-state index < -0.39 is 0 Å².